The molecule has 0 aliphatic carbocycles. The number of carbonyl (C=O) groups excluding carboxylic acids is 2. The zero-order valence-corrected chi connectivity index (χ0v) is 17.5. The third-order valence-electron chi connectivity index (χ3n) is 4.61. The molecule has 0 aliphatic heterocycles. The average Bonchev–Trinajstić information content (AvgIpc) is 3.23. The Kier molecular flexibility index (Phi) is 6.27. The van der Waals surface area contributed by atoms with Crippen molar-refractivity contribution in [1.82, 2.24) is 9.78 Å². The summed E-state index contributed by atoms with van der Waals surface area (Å²) in [5.41, 5.74) is 2.60. The van der Waals surface area contributed by atoms with Gasteiger partial charge in [0.15, 0.2) is 5.69 Å². The van der Waals surface area contributed by atoms with Crippen LogP contribution in [0.15, 0.2) is 91.0 Å². The van der Waals surface area contributed by atoms with E-state index < -0.39 is 0 Å². The fourth-order valence-electron chi connectivity index (χ4n) is 3.10. The van der Waals surface area contributed by atoms with E-state index in [4.69, 9.17) is 4.74 Å². The summed E-state index contributed by atoms with van der Waals surface area (Å²) in [7, 11) is 0. The van der Waals surface area contributed by atoms with Crippen LogP contribution in [-0.4, -0.2) is 21.6 Å². The summed E-state index contributed by atoms with van der Waals surface area (Å²) >= 11 is 0. The second kappa shape index (κ2) is 9.61. The molecule has 0 bridgehead atoms. The molecule has 0 fully saturated rings. The molecule has 3 aromatic carbocycles. The molecule has 0 unspecified atom stereocenters. The summed E-state index contributed by atoms with van der Waals surface area (Å²) < 4.78 is 7.30. The van der Waals surface area contributed by atoms with Crippen LogP contribution in [0.1, 0.15) is 23.0 Å². The molecule has 0 radical (unpaired) electrons. The Morgan fingerprint density at radius 1 is 0.875 bits per heavy atom. The lowest BCUT2D eigenvalue weighted by Gasteiger charge is -2.08. The summed E-state index contributed by atoms with van der Waals surface area (Å²) in [6.45, 7) is 1.87. The van der Waals surface area contributed by atoms with Gasteiger partial charge in [-0.2, -0.15) is 5.10 Å². The highest BCUT2D eigenvalue weighted by Gasteiger charge is 2.16. The lowest BCUT2D eigenvalue weighted by Crippen LogP contribution is -2.13. The minimum atomic E-state index is -0.385. The first-order chi connectivity index (χ1) is 15.6. The van der Waals surface area contributed by atoms with Gasteiger partial charge in [0, 0.05) is 18.7 Å². The molecule has 1 heterocycles. The smallest absolute Gasteiger partial charge is 0.276 e. The Bertz CT molecular complexity index is 1200. The van der Waals surface area contributed by atoms with Crippen molar-refractivity contribution in [2.24, 2.45) is 0 Å². The Morgan fingerprint density at radius 3 is 2.19 bits per heavy atom. The van der Waals surface area contributed by atoms with Gasteiger partial charge < -0.3 is 15.4 Å². The van der Waals surface area contributed by atoms with E-state index in [-0.39, 0.29) is 17.5 Å². The third kappa shape index (κ3) is 5.20. The monoisotopic (exact) mass is 426 g/mol. The number of carbonyl (C=O) groups is 2. The molecule has 2 N–H and O–H groups in total. The molecule has 2 amide bonds. The number of para-hydroxylation sites is 1. The average molecular weight is 426 g/mol. The highest BCUT2D eigenvalue weighted by Crippen LogP contribution is 2.20. The molecule has 0 spiro atoms. The van der Waals surface area contributed by atoms with Gasteiger partial charge in [-0.3, -0.25) is 9.59 Å². The SMILES string of the molecule is CC(=O)Nc1cc(C(=O)Nc2ccc(OCc3ccccc3)cc2)nn1-c1ccccc1. The van der Waals surface area contributed by atoms with Crippen molar-refractivity contribution in [3.05, 3.63) is 102 Å². The molecule has 0 aliphatic rings. The van der Waals surface area contributed by atoms with E-state index in [0.717, 1.165) is 11.3 Å². The Morgan fingerprint density at radius 2 is 1.53 bits per heavy atom. The maximum absolute atomic E-state index is 12.8. The van der Waals surface area contributed by atoms with Crippen LogP contribution < -0.4 is 15.4 Å². The number of nitrogens with one attached hydrogen (secondary N) is 2. The van der Waals surface area contributed by atoms with Gasteiger partial charge in [0.05, 0.1) is 5.69 Å². The van der Waals surface area contributed by atoms with Gasteiger partial charge in [-0.25, -0.2) is 4.68 Å². The summed E-state index contributed by atoms with van der Waals surface area (Å²) in [4.78, 5) is 24.3. The topological polar surface area (TPSA) is 85.2 Å². The van der Waals surface area contributed by atoms with Crippen molar-refractivity contribution in [1.29, 1.82) is 0 Å². The molecule has 7 heteroatoms. The van der Waals surface area contributed by atoms with Crippen LogP contribution in [-0.2, 0) is 11.4 Å². The lowest BCUT2D eigenvalue weighted by atomic mass is 10.2. The fraction of sp³-hybridized carbons (Fsp3) is 0.0800. The first-order valence-electron chi connectivity index (χ1n) is 10.1. The predicted molar refractivity (Wildman–Crippen MR) is 123 cm³/mol. The predicted octanol–water partition coefficient (Wildman–Crippen LogP) is 4.66. The van der Waals surface area contributed by atoms with Crippen LogP contribution in [0.5, 0.6) is 5.75 Å². The molecule has 0 saturated carbocycles. The zero-order chi connectivity index (χ0) is 22.3. The van der Waals surface area contributed by atoms with Gasteiger partial charge >= 0.3 is 0 Å². The molecule has 0 saturated heterocycles. The van der Waals surface area contributed by atoms with Gasteiger partial charge in [0.2, 0.25) is 5.91 Å². The number of amides is 2. The van der Waals surface area contributed by atoms with Gasteiger partial charge in [-0.1, -0.05) is 48.5 Å². The van der Waals surface area contributed by atoms with Gasteiger partial charge in [-0.05, 0) is 42.0 Å². The lowest BCUT2D eigenvalue weighted by molar-refractivity contribution is -0.114. The van der Waals surface area contributed by atoms with Crippen LogP contribution in [0, 0.1) is 0 Å². The molecule has 1 aromatic heterocycles. The number of rotatable bonds is 7. The Hall–Kier alpha value is -4.39. The van der Waals surface area contributed by atoms with Crippen molar-refractivity contribution in [2.75, 3.05) is 10.6 Å². The van der Waals surface area contributed by atoms with E-state index in [0.29, 0.717) is 23.9 Å². The van der Waals surface area contributed by atoms with Crippen molar-refractivity contribution < 1.29 is 14.3 Å². The van der Waals surface area contributed by atoms with E-state index in [1.807, 2.05) is 60.7 Å². The number of anilines is 2. The number of nitrogens with zero attached hydrogens (tertiary/aromatic N) is 2. The first kappa shape index (κ1) is 20.9. The van der Waals surface area contributed by atoms with E-state index in [9.17, 15) is 9.59 Å². The first-order valence-corrected chi connectivity index (χ1v) is 10.1. The number of benzene rings is 3. The second-order valence-corrected chi connectivity index (χ2v) is 7.10. The largest absolute Gasteiger partial charge is 0.489 e. The van der Waals surface area contributed by atoms with Crippen molar-refractivity contribution in [2.45, 2.75) is 13.5 Å². The quantitative estimate of drug-likeness (QED) is 0.450. The Balaban J connectivity index is 1.45. The van der Waals surface area contributed by atoms with Crippen LogP contribution in [0.2, 0.25) is 0 Å². The van der Waals surface area contributed by atoms with Crippen molar-refractivity contribution >= 4 is 23.3 Å². The van der Waals surface area contributed by atoms with E-state index in [1.54, 1.807) is 30.3 Å². The number of hydrogen-bond acceptors (Lipinski definition) is 4. The molecule has 0 atom stereocenters. The minimum Gasteiger partial charge on any atom is -0.489 e. The number of ether oxygens (including phenoxy) is 1. The Labute approximate surface area is 185 Å². The highest BCUT2D eigenvalue weighted by atomic mass is 16.5. The normalized spacial score (nSPS) is 10.4. The molecule has 7 nitrogen and oxygen atoms in total. The van der Waals surface area contributed by atoms with Gasteiger partial charge in [-0.15, -0.1) is 0 Å². The van der Waals surface area contributed by atoms with E-state index in [2.05, 4.69) is 15.7 Å². The van der Waals surface area contributed by atoms with Crippen molar-refractivity contribution in [3.8, 4) is 11.4 Å². The van der Waals surface area contributed by atoms with Crippen LogP contribution in [0.4, 0.5) is 11.5 Å². The summed E-state index contributed by atoms with van der Waals surface area (Å²) in [5, 5.41) is 9.91. The van der Waals surface area contributed by atoms with E-state index >= 15 is 0 Å². The summed E-state index contributed by atoms with van der Waals surface area (Å²) in [6.07, 6.45) is 0. The number of hydrogen-bond donors (Lipinski definition) is 2. The van der Waals surface area contributed by atoms with Crippen LogP contribution in [0.3, 0.4) is 0 Å². The summed E-state index contributed by atoms with van der Waals surface area (Å²) in [5.74, 6) is 0.482. The highest BCUT2D eigenvalue weighted by molar-refractivity contribution is 6.04. The van der Waals surface area contributed by atoms with E-state index in [1.165, 1.54) is 11.6 Å². The van der Waals surface area contributed by atoms with Crippen LogP contribution in [0.25, 0.3) is 5.69 Å². The molecule has 4 rings (SSSR count). The molecular formula is C25H22N4O3. The standard InChI is InChI=1S/C25H22N4O3/c1-18(30)26-24-16-23(28-29(24)21-10-6-3-7-11-21)25(31)27-20-12-14-22(15-13-20)32-17-19-8-4-2-5-9-19/h2-16H,17H2,1H3,(H,26,30)(H,27,31). The van der Waals surface area contributed by atoms with Gasteiger partial charge in [0.1, 0.15) is 18.2 Å². The third-order valence-corrected chi connectivity index (χ3v) is 4.61. The second-order valence-electron chi connectivity index (χ2n) is 7.10. The maximum Gasteiger partial charge on any atom is 0.276 e. The molecular weight excluding hydrogens is 404 g/mol. The molecule has 4 aromatic rings. The molecule has 160 valence electrons. The minimum absolute atomic E-state index is 0.182. The van der Waals surface area contributed by atoms with Crippen LogP contribution >= 0.6 is 0 Å². The summed E-state index contributed by atoms with van der Waals surface area (Å²) in [6, 6.07) is 27.8. The number of aromatic nitrogens is 2. The zero-order valence-electron chi connectivity index (χ0n) is 17.5. The van der Waals surface area contributed by atoms with Gasteiger partial charge in [0.25, 0.3) is 5.91 Å². The maximum atomic E-state index is 12.8. The fourth-order valence-corrected chi connectivity index (χ4v) is 3.10. The van der Waals surface area contributed by atoms with Crippen molar-refractivity contribution in [3.63, 3.8) is 0 Å². The molecule has 32 heavy (non-hydrogen) atoms.